The Bertz CT molecular complexity index is 554. The molecular formula is C15H19N3O4. The van der Waals surface area contributed by atoms with Crippen LogP contribution in [0.15, 0.2) is 18.3 Å². The standard InChI is InChI=1S/C15H19N3O4/c1-18-8-11(6-14(18)19)17-15(20)10-2-3-13(16-7-10)22-12-4-5-21-9-12/h2-3,7,11-12H,4-6,8-9H2,1H3,(H,17,20). The van der Waals surface area contributed by atoms with Crippen molar-refractivity contribution < 1.29 is 19.1 Å². The number of aromatic nitrogens is 1. The summed E-state index contributed by atoms with van der Waals surface area (Å²) in [5, 5.41) is 2.85. The summed E-state index contributed by atoms with van der Waals surface area (Å²) in [6, 6.07) is 3.21. The van der Waals surface area contributed by atoms with Gasteiger partial charge in [0.15, 0.2) is 0 Å². The molecule has 2 atom stereocenters. The highest BCUT2D eigenvalue weighted by Crippen LogP contribution is 2.15. The predicted molar refractivity (Wildman–Crippen MR) is 77.6 cm³/mol. The van der Waals surface area contributed by atoms with Crippen LogP contribution in [-0.4, -0.2) is 60.7 Å². The Morgan fingerprint density at radius 3 is 2.95 bits per heavy atom. The SMILES string of the molecule is CN1CC(NC(=O)c2ccc(OC3CCOC3)nc2)CC1=O. The van der Waals surface area contributed by atoms with Crippen molar-refractivity contribution >= 4 is 11.8 Å². The minimum atomic E-state index is -0.226. The molecule has 7 nitrogen and oxygen atoms in total. The van der Waals surface area contributed by atoms with E-state index in [0.717, 1.165) is 6.42 Å². The van der Waals surface area contributed by atoms with Gasteiger partial charge in [0, 0.05) is 38.7 Å². The van der Waals surface area contributed by atoms with Crippen molar-refractivity contribution in [3.8, 4) is 5.88 Å². The van der Waals surface area contributed by atoms with Crippen LogP contribution < -0.4 is 10.1 Å². The first kappa shape index (κ1) is 14.8. The third-order valence-corrected chi connectivity index (χ3v) is 3.85. The molecule has 0 radical (unpaired) electrons. The Labute approximate surface area is 128 Å². The van der Waals surface area contributed by atoms with Crippen molar-refractivity contribution in [3.63, 3.8) is 0 Å². The fourth-order valence-electron chi connectivity index (χ4n) is 2.59. The molecule has 1 N–H and O–H groups in total. The van der Waals surface area contributed by atoms with E-state index in [4.69, 9.17) is 9.47 Å². The van der Waals surface area contributed by atoms with Gasteiger partial charge in [0.2, 0.25) is 11.8 Å². The van der Waals surface area contributed by atoms with E-state index in [0.29, 0.717) is 37.6 Å². The van der Waals surface area contributed by atoms with Crippen LogP contribution in [0.3, 0.4) is 0 Å². The van der Waals surface area contributed by atoms with E-state index in [1.807, 2.05) is 0 Å². The number of rotatable bonds is 4. The third-order valence-electron chi connectivity index (χ3n) is 3.85. The topological polar surface area (TPSA) is 80.8 Å². The summed E-state index contributed by atoms with van der Waals surface area (Å²) in [6.45, 7) is 1.83. The Hall–Kier alpha value is -2.15. The number of pyridine rings is 1. The van der Waals surface area contributed by atoms with Gasteiger partial charge < -0.3 is 19.7 Å². The highest BCUT2D eigenvalue weighted by Gasteiger charge is 2.28. The number of likely N-dealkylation sites (tertiary alicyclic amines) is 1. The summed E-state index contributed by atoms with van der Waals surface area (Å²) in [7, 11) is 1.73. The largest absolute Gasteiger partial charge is 0.472 e. The van der Waals surface area contributed by atoms with Crippen LogP contribution >= 0.6 is 0 Å². The van der Waals surface area contributed by atoms with Crippen LogP contribution in [0.5, 0.6) is 5.88 Å². The van der Waals surface area contributed by atoms with Gasteiger partial charge in [-0.05, 0) is 6.07 Å². The molecule has 0 saturated carbocycles. The lowest BCUT2D eigenvalue weighted by molar-refractivity contribution is -0.126. The summed E-state index contributed by atoms with van der Waals surface area (Å²) in [5.74, 6) is 0.310. The molecule has 2 saturated heterocycles. The highest BCUT2D eigenvalue weighted by atomic mass is 16.5. The normalized spacial score (nSPS) is 24.6. The lowest BCUT2D eigenvalue weighted by atomic mass is 10.2. The molecular weight excluding hydrogens is 286 g/mol. The van der Waals surface area contributed by atoms with Crippen LogP contribution in [-0.2, 0) is 9.53 Å². The number of nitrogens with zero attached hydrogens (tertiary/aromatic N) is 2. The number of ether oxygens (including phenoxy) is 2. The smallest absolute Gasteiger partial charge is 0.253 e. The molecule has 2 aliphatic rings. The second kappa shape index (κ2) is 6.31. The molecule has 22 heavy (non-hydrogen) atoms. The number of amides is 2. The Balaban J connectivity index is 1.55. The average Bonchev–Trinajstić information content (AvgIpc) is 3.10. The van der Waals surface area contributed by atoms with E-state index in [1.54, 1.807) is 24.1 Å². The van der Waals surface area contributed by atoms with Crippen molar-refractivity contribution in [2.45, 2.75) is 25.0 Å². The van der Waals surface area contributed by atoms with Crippen molar-refractivity contribution in [2.24, 2.45) is 0 Å². The number of likely N-dealkylation sites (N-methyl/N-ethyl adjacent to an activating group) is 1. The van der Waals surface area contributed by atoms with Gasteiger partial charge in [0.25, 0.3) is 5.91 Å². The summed E-state index contributed by atoms with van der Waals surface area (Å²) in [4.78, 5) is 29.3. The van der Waals surface area contributed by atoms with E-state index in [-0.39, 0.29) is 24.0 Å². The van der Waals surface area contributed by atoms with E-state index in [2.05, 4.69) is 10.3 Å². The molecule has 1 aromatic rings. The van der Waals surface area contributed by atoms with Crippen molar-refractivity contribution in [1.82, 2.24) is 15.2 Å². The predicted octanol–water partition coefficient (Wildman–Crippen LogP) is 0.210. The summed E-state index contributed by atoms with van der Waals surface area (Å²) in [6.07, 6.45) is 2.72. The van der Waals surface area contributed by atoms with E-state index < -0.39 is 0 Å². The van der Waals surface area contributed by atoms with E-state index in [1.165, 1.54) is 6.20 Å². The van der Waals surface area contributed by atoms with Gasteiger partial charge in [-0.15, -0.1) is 0 Å². The van der Waals surface area contributed by atoms with Crippen LogP contribution in [0.2, 0.25) is 0 Å². The van der Waals surface area contributed by atoms with Gasteiger partial charge in [-0.3, -0.25) is 9.59 Å². The second-order valence-corrected chi connectivity index (χ2v) is 5.64. The summed E-state index contributed by atoms with van der Waals surface area (Å²) in [5.41, 5.74) is 0.456. The number of nitrogens with one attached hydrogen (secondary N) is 1. The first-order valence-corrected chi connectivity index (χ1v) is 7.37. The zero-order valence-electron chi connectivity index (χ0n) is 12.4. The molecule has 7 heteroatoms. The molecule has 2 unspecified atom stereocenters. The van der Waals surface area contributed by atoms with Crippen molar-refractivity contribution in [2.75, 3.05) is 26.8 Å². The first-order chi connectivity index (χ1) is 10.6. The molecule has 1 aromatic heterocycles. The van der Waals surface area contributed by atoms with Gasteiger partial charge in [0.1, 0.15) is 6.10 Å². The van der Waals surface area contributed by atoms with Gasteiger partial charge in [-0.2, -0.15) is 0 Å². The molecule has 3 rings (SSSR count). The number of carbonyl (C=O) groups excluding carboxylic acids is 2. The summed E-state index contributed by atoms with van der Waals surface area (Å²) >= 11 is 0. The van der Waals surface area contributed by atoms with Crippen LogP contribution in [0.25, 0.3) is 0 Å². The Morgan fingerprint density at radius 2 is 2.36 bits per heavy atom. The average molecular weight is 305 g/mol. The molecule has 2 aliphatic heterocycles. The molecule has 0 aliphatic carbocycles. The maximum absolute atomic E-state index is 12.1. The molecule has 3 heterocycles. The Kier molecular flexibility index (Phi) is 4.24. The van der Waals surface area contributed by atoms with Crippen LogP contribution in [0.4, 0.5) is 0 Å². The fourth-order valence-corrected chi connectivity index (χ4v) is 2.59. The number of hydrogen-bond acceptors (Lipinski definition) is 5. The maximum atomic E-state index is 12.1. The maximum Gasteiger partial charge on any atom is 0.253 e. The van der Waals surface area contributed by atoms with Crippen LogP contribution in [0.1, 0.15) is 23.2 Å². The highest BCUT2D eigenvalue weighted by molar-refractivity contribution is 5.94. The molecule has 0 aromatic carbocycles. The monoisotopic (exact) mass is 305 g/mol. The molecule has 118 valence electrons. The minimum Gasteiger partial charge on any atom is -0.472 e. The molecule has 0 bridgehead atoms. The zero-order valence-corrected chi connectivity index (χ0v) is 12.4. The zero-order chi connectivity index (χ0) is 15.5. The summed E-state index contributed by atoms with van der Waals surface area (Å²) < 4.78 is 10.9. The lowest BCUT2D eigenvalue weighted by Crippen LogP contribution is -2.36. The number of hydrogen-bond donors (Lipinski definition) is 1. The molecule has 2 fully saturated rings. The molecule has 2 amide bonds. The van der Waals surface area contributed by atoms with E-state index in [9.17, 15) is 9.59 Å². The van der Waals surface area contributed by atoms with Gasteiger partial charge in [-0.1, -0.05) is 0 Å². The lowest BCUT2D eigenvalue weighted by Gasteiger charge is -2.13. The van der Waals surface area contributed by atoms with E-state index >= 15 is 0 Å². The van der Waals surface area contributed by atoms with Crippen molar-refractivity contribution in [1.29, 1.82) is 0 Å². The van der Waals surface area contributed by atoms with Gasteiger partial charge in [0.05, 0.1) is 24.8 Å². The number of carbonyl (C=O) groups is 2. The third kappa shape index (κ3) is 3.36. The Morgan fingerprint density at radius 1 is 1.50 bits per heavy atom. The minimum absolute atomic E-state index is 0.0345. The van der Waals surface area contributed by atoms with Gasteiger partial charge in [-0.25, -0.2) is 4.98 Å². The van der Waals surface area contributed by atoms with Gasteiger partial charge >= 0.3 is 0 Å². The first-order valence-electron chi connectivity index (χ1n) is 7.37. The quantitative estimate of drug-likeness (QED) is 0.860. The van der Waals surface area contributed by atoms with Crippen molar-refractivity contribution in [3.05, 3.63) is 23.9 Å². The fraction of sp³-hybridized carbons (Fsp3) is 0.533. The molecule has 0 spiro atoms. The second-order valence-electron chi connectivity index (χ2n) is 5.64. The van der Waals surface area contributed by atoms with Crippen LogP contribution in [0, 0.1) is 0 Å².